The van der Waals surface area contributed by atoms with Gasteiger partial charge >= 0.3 is 0 Å². The predicted octanol–water partition coefficient (Wildman–Crippen LogP) is 2.36. The molecule has 1 aliphatic heterocycles. The van der Waals surface area contributed by atoms with Crippen molar-refractivity contribution in [1.29, 1.82) is 0 Å². The first kappa shape index (κ1) is 17.2. The molecular formula is C18H19ClN4O2. The Morgan fingerprint density at radius 2 is 2.12 bits per heavy atom. The Kier molecular flexibility index (Phi) is 4.90. The number of carbonyl (C=O) groups is 2. The van der Waals surface area contributed by atoms with Crippen LogP contribution in [0, 0.1) is 6.92 Å². The van der Waals surface area contributed by atoms with Crippen LogP contribution in [0.1, 0.15) is 27.9 Å². The summed E-state index contributed by atoms with van der Waals surface area (Å²) in [5.41, 5.74) is 7.72. The molecule has 130 valence electrons. The standard InChI is InChI=1S/C18H19ClN4O2/c1-11-2-4-12(5-3-11)10-23-7-6-15(18(23)25)22-17-14(19)8-13(9-21-17)16(20)24/h2-5,8-9,15H,6-7,10H2,1H3,(H2,20,24)(H,21,22). The van der Waals surface area contributed by atoms with Gasteiger partial charge in [-0.1, -0.05) is 41.4 Å². The van der Waals surface area contributed by atoms with Crippen LogP contribution in [0.3, 0.4) is 0 Å². The van der Waals surface area contributed by atoms with E-state index in [1.807, 2.05) is 36.1 Å². The Balaban J connectivity index is 1.66. The smallest absolute Gasteiger partial charge is 0.250 e. The van der Waals surface area contributed by atoms with Crippen molar-refractivity contribution >= 4 is 29.2 Å². The lowest BCUT2D eigenvalue weighted by Gasteiger charge is -2.18. The number of nitrogens with two attached hydrogens (primary N) is 1. The molecule has 0 saturated carbocycles. The second kappa shape index (κ2) is 7.11. The van der Waals surface area contributed by atoms with Gasteiger partial charge in [-0.25, -0.2) is 4.98 Å². The fourth-order valence-corrected chi connectivity index (χ4v) is 3.01. The molecule has 1 unspecified atom stereocenters. The van der Waals surface area contributed by atoms with Crippen LogP contribution in [-0.4, -0.2) is 34.3 Å². The largest absolute Gasteiger partial charge is 0.366 e. The van der Waals surface area contributed by atoms with E-state index in [0.29, 0.717) is 25.3 Å². The number of hydrogen-bond donors (Lipinski definition) is 2. The third-order valence-electron chi connectivity index (χ3n) is 4.23. The number of nitrogens with one attached hydrogen (secondary N) is 1. The van der Waals surface area contributed by atoms with Crippen LogP contribution >= 0.6 is 11.6 Å². The average Bonchev–Trinajstić information content (AvgIpc) is 2.92. The molecule has 0 radical (unpaired) electrons. The minimum Gasteiger partial charge on any atom is -0.366 e. The van der Waals surface area contributed by atoms with Crippen molar-refractivity contribution in [3.8, 4) is 0 Å². The van der Waals surface area contributed by atoms with Gasteiger partial charge in [0.2, 0.25) is 11.8 Å². The molecule has 1 aromatic carbocycles. The molecule has 6 nitrogen and oxygen atoms in total. The average molecular weight is 359 g/mol. The zero-order chi connectivity index (χ0) is 18.0. The molecule has 1 aliphatic rings. The highest BCUT2D eigenvalue weighted by molar-refractivity contribution is 6.33. The Bertz CT molecular complexity index is 807. The van der Waals surface area contributed by atoms with Crippen LogP contribution in [-0.2, 0) is 11.3 Å². The second-order valence-corrected chi connectivity index (χ2v) is 6.56. The van der Waals surface area contributed by atoms with E-state index in [4.69, 9.17) is 17.3 Å². The van der Waals surface area contributed by atoms with Gasteiger partial charge in [-0.2, -0.15) is 0 Å². The summed E-state index contributed by atoms with van der Waals surface area (Å²) < 4.78 is 0. The number of aryl methyl sites for hydroxylation is 1. The van der Waals surface area contributed by atoms with Crippen molar-refractivity contribution in [2.24, 2.45) is 5.73 Å². The summed E-state index contributed by atoms with van der Waals surface area (Å²) in [5, 5.41) is 3.33. The van der Waals surface area contributed by atoms with Crippen molar-refractivity contribution < 1.29 is 9.59 Å². The summed E-state index contributed by atoms with van der Waals surface area (Å²) in [6.45, 7) is 3.28. The van der Waals surface area contributed by atoms with E-state index in [0.717, 1.165) is 5.56 Å². The number of nitrogens with zero attached hydrogens (tertiary/aromatic N) is 2. The highest BCUT2D eigenvalue weighted by atomic mass is 35.5. The molecule has 2 aromatic rings. The molecule has 1 saturated heterocycles. The first-order chi connectivity index (χ1) is 11.9. The third kappa shape index (κ3) is 3.91. The topological polar surface area (TPSA) is 88.3 Å². The number of likely N-dealkylation sites (tertiary alicyclic amines) is 1. The summed E-state index contributed by atoms with van der Waals surface area (Å²) >= 11 is 6.12. The van der Waals surface area contributed by atoms with Gasteiger partial charge in [-0.05, 0) is 25.0 Å². The van der Waals surface area contributed by atoms with E-state index in [-0.39, 0.29) is 22.5 Å². The monoisotopic (exact) mass is 358 g/mol. The van der Waals surface area contributed by atoms with Gasteiger partial charge in [0, 0.05) is 19.3 Å². The lowest BCUT2D eigenvalue weighted by Crippen LogP contribution is -2.33. The number of anilines is 1. The van der Waals surface area contributed by atoms with Gasteiger partial charge in [0.25, 0.3) is 0 Å². The zero-order valence-electron chi connectivity index (χ0n) is 13.8. The number of rotatable bonds is 5. The molecule has 0 aliphatic carbocycles. The second-order valence-electron chi connectivity index (χ2n) is 6.15. The first-order valence-corrected chi connectivity index (χ1v) is 8.38. The summed E-state index contributed by atoms with van der Waals surface area (Å²) in [6.07, 6.45) is 2.01. The fourth-order valence-electron chi connectivity index (χ4n) is 2.79. The lowest BCUT2D eigenvalue weighted by atomic mass is 10.1. The number of aromatic nitrogens is 1. The SMILES string of the molecule is Cc1ccc(CN2CCC(Nc3ncc(C(N)=O)cc3Cl)C2=O)cc1. The van der Waals surface area contributed by atoms with E-state index >= 15 is 0 Å². The van der Waals surface area contributed by atoms with E-state index in [1.165, 1.54) is 17.8 Å². The highest BCUT2D eigenvalue weighted by Gasteiger charge is 2.32. The van der Waals surface area contributed by atoms with Crippen molar-refractivity contribution in [2.75, 3.05) is 11.9 Å². The molecule has 1 fully saturated rings. The molecule has 3 N–H and O–H groups in total. The maximum Gasteiger partial charge on any atom is 0.250 e. The molecule has 2 heterocycles. The number of primary amides is 1. The molecule has 3 rings (SSSR count). The maximum atomic E-state index is 12.6. The van der Waals surface area contributed by atoms with E-state index in [2.05, 4.69) is 10.3 Å². The van der Waals surface area contributed by atoms with Gasteiger partial charge in [0.15, 0.2) is 0 Å². The lowest BCUT2D eigenvalue weighted by molar-refractivity contribution is -0.128. The number of hydrogen-bond acceptors (Lipinski definition) is 4. The Morgan fingerprint density at radius 3 is 2.76 bits per heavy atom. The van der Waals surface area contributed by atoms with E-state index in [9.17, 15) is 9.59 Å². The highest BCUT2D eigenvalue weighted by Crippen LogP contribution is 2.24. The Hall–Kier alpha value is -2.60. The number of pyridine rings is 1. The normalized spacial score (nSPS) is 17.0. The molecular weight excluding hydrogens is 340 g/mol. The van der Waals surface area contributed by atoms with Crippen LogP contribution < -0.4 is 11.1 Å². The van der Waals surface area contributed by atoms with Gasteiger partial charge in [-0.3, -0.25) is 9.59 Å². The molecule has 0 spiro atoms. The summed E-state index contributed by atoms with van der Waals surface area (Å²) in [7, 11) is 0. The van der Waals surface area contributed by atoms with Crippen molar-refractivity contribution in [1.82, 2.24) is 9.88 Å². The fraction of sp³-hybridized carbons (Fsp3) is 0.278. The first-order valence-electron chi connectivity index (χ1n) is 8.00. The Labute approximate surface area is 151 Å². The van der Waals surface area contributed by atoms with Crippen LogP contribution in [0.5, 0.6) is 0 Å². The minimum absolute atomic E-state index is 0.0115. The van der Waals surface area contributed by atoms with Gasteiger partial charge in [0.1, 0.15) is 11.9 Å². The molecule has 2 amide bonds. The third-order valence-corrected chi connectivity index (χ3v) is 4.52. The van der Waals surface area contributed by atoms with Crippen molar-refractivity contribution in [3.05, 3.63) is 58.2 Å². The predicted molar refractivity (Wildman–Crippen MR) is 96.4 cm³/mol. The molecule has 1 atom stereocenters. The van der Waals surface area contributed by atoms with Crippen LogP contribution in [0.2, 0.25) is 5.02 Å². The quantitative estimate of drug-likeness (QED) is 0.858. The van der Waals surface area contributed by atoms with Crippen LogP contribution in [0.4, 0.5) is 5.82 Å². The van der Waals surface area contributed by atoms with E-state index in [1.54, 1.807) is 0 Å². The maximum absolute atomic E-state index is 12.6. The van der Waals surface area contributed by atoms with Crippen molar-refractivity contribution in [2.45, 2.75) is 25.9 Å². The zero-order valence-corrected chi connectivity index (χ0v) is 14.6. The van der Waals surface area contributed by atoms with Gasteiger partial charge in [-0.15, -0.1) is 0 Å². The minimum atomic E-state index is -0.595. The number of benzene rings is 1. The Morgan fingerprint density at radius 1 is 1.40 bits per heavy atom. The summed E-state index contributed by atoms with van der Waals surface area (Å²) in [5.74, 6) is -0.207. The molecule has 0 bridgehead atoms. The van der Waals surface area contributed by atoms with Crippen LogP contribution in [0.15, 0.2) is 36.5 Å². The van der Waals surface area contributed by atoms with Crippen LogP contribution in [0.25, 0.3) is 0 Å². The number of halogens is 1. The summed E-state index contributed by atoms with van der Waals surface area (Å²) in [6, 6.07) is 9.21. The van der Waals surface area contributed by atoms with Crippen molar-refractivity contribution in [3.63, 3.8) is 0 Å². The number of carbonyl (C=O) groups excluding carboxylic acids is 2. The molecule has 1 aromatic heterocycles. The van der Waals surface area contributed by atoms with E-state index < -0.39 is 5.91 Å². The summed E-state index contributed by atoms with van der Waals surface area (Å²) in [4.78, 5) is 29.6. The molecule has 25 heavy (non-hydrogen) atoms. The number of amides is 2. The van der Waals surface area contributed by atoms with Gasteiger partial charge < -0.3 is 16.0 Å². The molecule has 7 heteroatoms. The van der Waals surface area contributed by atoms with Gasteiger partial charge in [0.05, 0.1) is 10.6 Å².